The quantitative estimate of drug-likeness (QED) is 0.803. The summed E-state index contributed by atoms with van der Waals surface area (Å²) in [4.78, 5) is 0. The number of nitrogens with one attached hydrogen (secondary N) is 1. The molecule has 2 aliphatic rings. The summed E-state index contributed by atoms with van der Waals surface area (Å²) in [6.45, 7) is 6.93. The average Bonchev–Trinajstić information content (AvgIpc) is 2.76. The van der Waals surface area contributed by atoms with Crippen LogP contribution in [0.15, 0.2) is 0 Å². The molecule has 0 radical (unpaired) electrons. The molecule has 0 amide bonds. The molecule has 3 nitrogen and oxygen atoms in total. The molecule has 2 N–H and O–H groups in total. The van der Waals surface area contributed by atoms with Crippen LogP contribution in [0.3, 0.4) is 0 Å². The van der Waals surface area contributed by atoms with Gasteiger partial charge in [-0.05, 0) is 43.4 Å². The highest BCUT2D eigenvalue weighted by Gasteiger charge is 2.42. The van der Waals surface area contributed by atoms with Crippen LogP contribution in [-0.2, 0) is 4.74 Å². The fourth-order valence-corrected chi connectivity index (χ4v) is 4.32. The van der Waals surface area contributed by atoms with Crippen molar-refractivity contribution in [2.45, 2.75) is 44.8 Å². The second kappa shape index (κ2) is 6.60. The van der Waals surface area contributed by atoms with E-state index in [0.29, 0.717) is 11.8 Å². The number of aliphatic hydroxyl groups excluding tert-OH is 1. The summed E-state index contributed by atoms with van der Waals surface area (Å²) in [5.74, 6) is 3.39. The summed E-state index contributed by atoms with van der Waals surface area (Å²) in [6.07, 6.45) is 3.01. The van der Waals surface area contributed by atoms with Crippen LogP contribution in [-0.4, -0.2) is 48.0 Å². The fraction of sp³-hybridized carbons (Fsp3) is 1.00. The Balaban J connectivity index is 1.77. The summed E-state index contributed by atoms with van der Waals surface area (Å²) in [7, 11) is 0. The predicted molar refractivity (Wildman–Crippen MR) is 77.1 cm³/mol. The summed E-state index contributed by atoms with van der Waals surface area (Å²) in [6, 6.07) is 0. The summed E-state index contributed by atoms with van der Waals surface area (Å²) in [5, 5.41) is 13.7. The Hall–Kier alpha value is 0.230. The first-order valence-electron chi connectivity index (χ1n) is 7.22. The first-order valence-corrected chi connectivity index (χ1v) is 8.37. The van der Waals surface area contributed by atoms with Crippen LogP contribution >= 0.6 is 11.8 Å². The zero-order chi connectivity index (χ0) is 13.0. The molecule has 3 atom stereocenters. The van der Waals surface area contributed by atoms with Gasteiger partial charge in [0, 0.05) is 18.9 Å². The third kappa shape index (κ3) is 3.86. The second-order valence-corrected chi connectivity index (χ2v) is 7.31. The molecule has 106 valence electrons. The van der Waals surface area contributed by atoms with Crippen molar-refractivity contribution < 1.29 is 9.84 Å². The first kappa shape index (κ1) is 14.6. The second-order valence-electron chi connectivity index (χ2n) is 6.21. The lowest BCUT2D eigenvalue weighted by molar-refractivity contribution is -0.100. The third-order valence-electron chi connectivity index (χ3n) is 4.05. The van der Waals surface area contributed by atoms with Gasteiger partial charge in [0.1, 0.15) is 0 Å². The van der Waals surface area contributed by atoms with E-state index in [1.54, 1.807) is 0 Å². The molecule has 2 heterocycles. The fourth-order valence-electron chi connectivity index (χ4n) is 2.94. The largest absolute Gasteiger partial charge is 0.392 e. The van der Waals surface area contributed by atoms with E-state index in [1.807, 2.05) is 11.8 Å². The molecule has 1 spiro atoms. The molecular weight excluding hydrogens is 246 g/mol. The van der Waals surface area contributed by atoms with E-state index in [9.17, 15) is 5.11 Å². The van der Waals surface area contributed by atoms with Gasteiger partial charge in [0.25, 0.3) is 0 Å². The van der Waals surface area contributed by atoms with Crippen LogP contribution in [0.1, 0.15) is 33.1 Å². The molecule has 0 aromatic rings. The molecule has 3 unspecified atom stereocenters. The van der Waals surface area contributed by atoms with Gasteiger partial charge in [-0.25, -0.2) is 0 Å². The van der Waals surface area contributed by atoms with E-state index >= 15 is 0 Å². The highest BCUT2D eigenvalue weighted by atomic mass is 32.2. The SMILES string of the molecule is CC(C)CNCC(O)C1CCOC2(CCSC2)C1. The van der Waals surface area contributed by atoms with E-state index in [0.717, 1.165) is 38.3 Å². The number of aliphatic hydroxyl groups is 1. The lowest BCUT2D eigenvalue weighted by Gasteiger charge is -2.39. The monoisotopic (exact) mass is 273 g/mol. The Kier molecular flexibility index (Phi) is 5.36. The molecule has 0 aromatic carbocycles. The van der Waals surface area contributed by atoms with Gasteiger partial charge in [-0.1, -0.05) is 13.8 Å². The highest BCUT2D eigenvalue weighted by molar-refractivity contribution is 7.99. The van der Waals surface area contributed by atoms with Gasteiger partial charge >= 0.3 is 0 Å². The molecule has 2 fully saturated rings. The van der Waals surface area contributed by atoms with Gasteiger partial charge < -0.3 is 15.2 Å². The Morgan fingerprint density at radius 2 is 2.28 bits per heavy atom. The summed E-state index contributed by atoms with van der Waals surface area (Å²) in [5.41, 5.74) is 0.0899. The first-order chi connectivity index (χ1) is 8.61. The molecule has 2 rings (SSSR count). The molecular formula is C14H27NO2S. The standard InChI is InChI=1S/C14H27NO2S/c1-11(2)8-15-9-13(16)12-3-5-17-14(7-12)4-6-18-10-14/h11-13,15-16H,3-10H2,1-2H3. The van der Waals surface area contributed by atoms with Crippen molar-refractivity contribution in [2.24, 2.45) is 11.8 Å². The highest BCUT2D eigenvalue weighted by Crippen LogP contribution is 2.41. The minimum Gasteiger partial charge on any atom is -0.392 e. The van der Waals surface area contributed by atoms with E-state index < -0.39 is 0 Å². The molecule has 0 bridgehead atoms. The van der Waals surface area contributed by atoms with Crippen LogP contribution in [0.4, 0.5) is 0 Å². The number of hydrogen-bond acceptors (Lipinski definition) is 4. The Bertz CT molecular complexity index is 254. The van der Waals surface area contributed by atoms with Gasteiger partial charge in [-0.3, -0.25) is 0 Å². The van der Waals surface area contributed by atoms with E-state index in [-0.39, 0.29) is 11.7 Å². The van der Waals surface area contributed by atoms with Gasteiger partial charge in [0.2, 0.25) is 0 Å². The Morgan fingerprint density at radius 3 is 2.94 bits per heavy atom. The minimum atomic E-state index is -0.213. The molecule has 0 aromatic heterocycles. The number of ether oxygens (including phenoxy) is 1. The predicted octanol–water partition coefficient (Wildman–Crippen LogP) is 1.90. The van der Waals surface area contributed by atoms with Crippen LogP contribution in [0.2, 0.25) is 0 Å². The van der Waals surface area contributed by atoms with Crippen molar-refractivity contribution in [3.63, 3.8) is 0 Å². The molecule has 2 aliphatic heterocycles. The molecule has 18 heavy (non-hydrogen) atoms. The van der Waals surface area contributed by atoms with Gasteiger partial charge in [0.15, 0.2) is 0 Å². The maximum absolute atomic E-state index is 10.3. The van der Waals surface area contributed by atoms with Crippen LogP contribution in [0.5, 0.6) is 0 Å². The number of hydrogen-bond donors (Lipinski definition) is 2. The van der Waals surface area contributed by atoms with E-state index in [2.05, 4.69) is 19.2 Å². The molecule has 2 saturated heterocycles. The van der Waals surface area contributed by atoms with Crippen LogP contribution in [0, 0.1) is 11.8 Å². The van der Waals surface area contributed by atoms with Crippen molar-refractivity contribution >= 4 is 11.8 Å². The Labute approximate surface area is 115 Å². The lowest BCUT2D eigenvalue weighted by Crippen LogP contribution is -2.45. The minimum absolute atomic E-state index is 0.0899. The third-order valence-corrected chi connectivity index (χ3v) is 5.27. The van der Waals surface area contributed by atoms with Gasteiger partial charge in [-0.15, -0.1) is 0 Å². The maximum atomic E-state index is 10.3. The van der Waals surface area contributed by atoms with Crippen molar-refractivity contribution in [1.82, 2.24) is 5.32 Å². The van der Waals surface area contributed by atoms with Crippen molar-refractivity contribution in [1.29, 1.82) is 0 Å². The number of thioether (sulfide) groups is 1. The molecule has 0 saturated carbocycles. The molecule has 0 aliphatic carbocycles. The van der Waals surface area contributed by atoms with E-state index in [1.165, 1.54) is 12.2 Å². The lowest BCUT2D eigenvalue weighted by atomic mass is 9.82. The van der Waals surface area contributed by atoms with Crippen molar-refractivity contribution in [3.8, 4) is 0 Å². The summed E-state index contributed by atoms with van der Waals surface area (Å²) < 4.78 is 6.00. The maximum Gasteiger partial charge on any atom is 0.0783 e. The Morgan fingerprint density at radius 1 is 1.44 bits per heavy atom. The van der Waals surface area contributed by atoms with Crippen molar-refractivity contribution in [2.75, 3.05) is 31.2 Å². The van der Waals surface area contributed by atoms with Crippen molar-refractivity contribution in [3.05, 3.63) is 0 Å². The zero-order valence-electron chi connectivity index (χ0n) is 11.7. The van der Waals surface area contributed by atoms with Gasteiger partial charge in [-0.2, -0.15) is 11.8 Å². The smallest absolute Gasteiger partial charge is 0.0783 e. The topological polar surface area (TPSA) is 41.5 Å². The van der Waals surface area contributed by atoms with Gasteiger partial charge in [0.05, 0.1) is 11.7 Å². The van der Waals surface area contributed by atoms with E-state index in [4.69, 9.17) is 4.74 Å². The van der Waals surface area contributed by atoms with Crippen LogP contribution in [0.25, 0.3) is 0 Å². The summed E-state index contributed by atoms with van der Waals surface area (Å²) >= 11 is 1.99. The molecule has 4 heteroatoms. The van der Waals surface area contributed by atoms with Crippen LogP contribution < -0.4 is 5.32 Å². The normalized spacial score (nSPS) is 34.3. The number of rotatable bonds is 5. The zero-order valence-corrected chi connectivity index (χ0v) is 12.5. The average molecular weight is 273 g/mol.